The van der Waals surface area contributed by atoms with Crippen LogP contribution in [0.1, 0.15) is 24.5 Å². The predicted molar refractivity (Wildman–Crippen MR) is 83.1 cm³/mol. The Balaban J connectivity index is 0.00000133. The summed E-state index contributed by atoms with van der Waals surface area (Å²) in [6.07, 6.45) is 3.78. The van der Waals surface area contributed by atoms with Crippen LogP contribution in [0.5, 0.6) is 0 Å². The van der Waals surface area contributed by atoms with E-state index in [0.29, 0.717) is 11.5 Å². The van der Waals surface area contributed by atoms with Gasteiger partial charge in [-0.2, -0.15) is 0 Å². The van der Waals surface area contributed by atoms with Crippen molar-refractivity contribution in [1.29, 1.82) is 0 Å². The molecule has 19 heavy (non-hydrogen) atoms. The van der Waals surface area contributed by atoms with Gasteiger partial charge in [-0.3, -0.25) is 0 Å². The third-order valence-corrected chi connectivity index (χ3v) is 4.74. The Hall–Kier alpha value is -0.570. The zero-order valence-electron chi connectivity index (χ0n) is 12.0. The quantitative estimate of drug-likeness (QED) is 0.915. The Bertz CT molecular complexity index is 402. The first-order chi connectivity index (χ1) is 8.66. The number of hydrogen-bond acceptors (Lipinski definition) is 2. The van der Waals surface area contributed by atoms with E-state index in [1.807, 2.05) is 0 Å². The maximum atomic E-state index is 3.50. The standard InChI is InChI=1S/C16H24N2.ClH/c1-16(7-8-17-11-16)12-18(2)15-9-13-5-3-4-6-14(13)10-15;/h3-6,15,17H,7-12H2,1-2H3;1H. The maximum Gasteiger partial charge on any atom is 0.0173 e. The van der Waals surface area contributed by atoms with Crippen LogP contribution in [0, 0.1) is 5.41 Å². The van der Waals surface area contributed by atoms with E-state index in [1.165, 1.54) is 38.9 Å². The highest BCUT2D eigenvalue weighted by Crippen LogP contribution is 2.30. The molecule has 3 rings (SSSR count). The lowest BCUT2D eigenvalue weighted by Crippen LogP contribution is -2.41. The van der Waals surface area contributed by atoms with E-state index in [9.17, 15) is 0 Å². The zero-order valence-corrected chi connectivity index (χ0v) is 12.8. The van der Waals surface area contributed by atoms with Crippen molar-refractivity contribution >= 4 is 12.4 Å². The van der Waals surface area contributed by atoms with Crippen molar-refractivity contribution in [3.63, 3.8) is 0 Å². The lowest BCUT2D eigenvalue weighted by molar-refractivity contribution is 0.163. The molecule has 0 spiro atoms. The first-order valence-corrected chi connectivity index (χ1v) is 7.14. The lowest BCUT2D eigenvalue weighted by atomic mass is 9.89. The fourth-order valence-corrected chi connectivity index (χ4v) is 3.58. The average molecular weight is 281 g/mol. The largest absolute Gasteiger partial charge is 0.316 e. The molecule has 1 aromatic rings. The van der Waals surface area contributed by atoms with E-state index in [1.54, 1.807) is 11.1 Å². The van der Waals surface area contributed by atoms with Crippen LogP contribution in [0.15, 0.2) is 24.3 Å². The smallest absolute Gasteiger partial charge is 0.0173 e. The predicted octanol–water partition coefficient (Wildman–Crippen LogP) is 2.51. The molecule has 1 fully saturated rings. The van der Waals surface area contributed by atoms with E-state index in [4.69, 9.17) is 0 Å². The highest BCUT2D eigenvalue weighted by molar-refractivity contribution is 5.85. The molecule has 1 saturated heterocycles. The van der Waals surface area contributed by atoms with Crippen LogP contribution in [-0.2, 0) is 12.8 Å². The Morgan fingerprint density at radius 2 is 1.89 bits per heavy atom. The second-order valence-electron chi connectivity index (χ2n) is 6.48. The molecular formula is C16H25ClN2. The molecule has 0 radical (unpaired) electrons. The van der Waals surface area contributed by atoms with Gasteiger partial charge in [0.1, 0.15) is 0 Å². The molecule has 1 unspecified atom stereocenters. The zero-order chi connectivity index (χ0) is 12.6. The number of hydrogen-bond donors (Lipinski definition) is 1. The van der Waals surface area contributed by atoms with E-state index in [-0.39, 0.29) is 12.4 Å². The molecule has 2 nitrogen and oxygen atoms in total. The van der Waals surface area contributed by atoms with Gasteiger partial charge in [-0.1, -0.05) is 31.2 Å². The molecule has 2 aliphatic rings. The average Bonchev–Trinajstić information content (AvgIpc) is 2.95. The molecule has 0 aromatic heterocycles. The second kappa shape index (κ2) is 5.82. The molecule has 1 heterocycles. The first kappa shape index (κ1) is 14.8. The summed E-state index contributed by atoms with van der Waals surface area (Å²) in [6.45, 7) is 6.01. The fraction of sp³-hybridized carbons (Fsp3) is 0.625. The van der Waals surface area contributed by atoms with Gasteiger partial charge >= 0.3 is 0 Å². The van der Waals surface area contributed by atoms with Crippen LogP contribution in [0.3, 0.4) is 0 Å². The normalized spacial score (nSPS) is 26.5. The summed E-state index contributed by atoms with van der Waals surface area (Å²) in [6, 6.07) is 9.64. The monoisotopic (exact) mass is 280 g/mol. The highest BCUT2D eigenvalue weighted by atomic mass is 35.5. The number of rotatable bonds is 3. The van der Waals surface area contributed by atoms with Crippen molar-refractivity contribution in [2.75, 3.05) is 26.7 Å². The number of halogens is 1. The summed E-state index contributed by atoms with van der Waals surface area (Å²) in [4.78, 5) is 2.59. The third kappa shape index (κ3) is 3.13. The van der Waals surface area contributed by atoms with Gasteiger partial charge in [0.25, 0.3) is 0 Å². The summed E-state index contributed by atoms with van der Waals surface area (Å²) < 4.78 is 0. The molecule has 0 amide bonds. The van der Waals surface area contributed by atoms with Crippen LogP contribution in [-0.4, -0.2) is 37.6 Å². The Morgan fingerprint density at radius 1 is 1.26 bits per heavy atom. The number of fused-ring (bicyclic) bond motifs is 1. The van der Waals surface area contributed by atoms with Gasteiger partial charge in [0.05, 0.1) is 0 Å². The molecule has 1 atom stereocenters. The van der Waals surface area contributed by atoms with Crippen molar-refractivity contribution in [1.82, 2.24) is 10.2 Å². The van der Waals surface area contributed by atoms with Crippen molar-refractivity contribution in [3.8, 4) is 0 Å². The Kier molecular flexibility index (Phi) is 4.54. The van der Waals surface area contributed by atoms with Gasteiger partial charge in [-0.05, 0) is 49.4 Å². The number of nitrogens with zero attached hydrogens (tertiary/aromatic N) is 1. The van der Waals surface area contributed by atoms with Crippen LogP contribution >= 0.6 is 12.4 Å². The Morgan fingerprint density at radius 3 is 2.42 bits per heavy atom. The van der Waals surface area contributed by atoms with Crippen LogP contribution in [0.25, 0.3) is 0 Å². The first-order valence-electron chi connectivity index (χ1n) is 7.14. The van der Waals surface area contributed by atoms with E-state index in [0.717, 1.165) is 0 Å². The van der Waals surface area contributed by atoms with E-state index in [2.05, 4.69) is 48.5 Å². The van der Waals surface area contributed by atoms with Gasteiger partial charge in [-0.15, -0.1) is 12.4 Å². The minimum atomic E-state index is 0. The summed E-state index contributed by atoms with van der Waals surface area (Å²) in [5, 5.41) is 3.50. The summed E-state index contributed by atoms with van der Waals surface area (Å²) >= 11 is 0. The van der Waals surface area contributed by atoms with Gasteiger partial charge in [-0.25, -0.2) is 0 Å². The molecule has 106 valence electrons. The summed E-state index contributed by atoms with van der Waals surface area (Å²) in [5.41, 5.74) is 3.59. The molecule has 1 aliphatic carbocycles. The Labute approximate surface area is 123 Å². The summed E-state index contributed by atoms with van der Waals surface area (Å²) in [5.74, 6) is 0. The fourth-order valence-electron chi connectivity index (χ4n) is 3.58. The molecule has 0 saturated carbocycles. The van der Waals surface area contributed by atoms with E-state index < -0.39 is 0 Å². The molecular weight excluding hydrogens is 256 g/mol. The third-order valence-electron chi connectivity index (χ3n) is 4.74. The minimum Gasteiger partial charge on any atom is -0.316 e. The number of likely N-dealkylation sites (N-methyl/N-ethyl adjacent to an activating group) is 1. The summed E-state index contributed by atoms with van der Waals surface area (Å²) in [7, 11) is 2.31. The lowest BCUT2D eigenvalue weighted by Gasteiger charge is -2.33. The van der Waals surface area contributed by atoms with Crippen molar-refractivity contribution < 1.29 is 0 Å². The minimum absolute atomic E-state index is 0. The van der Waals surface area contributed by atoms with Crippen LogP contribution in [0.4, 0.5) is 0 Å². The highest BCUT2D eigenvalue weighted by Gasteiger charge is 2.33. The number of benzene rings is 1. The van der Waals surface area contributed by atoms with Crippen molar-refractivity contribution in [2.24, 2.45) is 5.41 Å². The SMILES string of the molecule is CN(CC1(C)CCNC1)C1Cc2ccccc2C1.Cl. The maximum absolute atomic E-state index is 3.50. The van der Waals surface area contributed by atoms with E-state index >= 15 is 0 Å². The van der Waals surface area contributed by atoms with Crippen LogP contribution in [0.2, 0.25) is 0 Å². The van der Waals surface area contributed by atoms with Gasteiger partial charge in [0, 0.05) is 19.1 Å². The molecule has 1 N–H and O–H groups in total. The number of nitrogens with one attached hydrogen (secondary N) is 1. The van der Waals surface area contributed by atoms with Gasteiger partial charge < -0.3 is 10.2 Å². The van der Waals surface area contributed by atoms with Crippen molar-refractivity contribution in [2.45, 2.75) is 32.2 Å². The van der Waals surface area contributed by atoms with Gasteiger partial charge in [0.2, 0.25) is 0 Å². The molecule has 0 bridgehead atoms. The molecule has 3 heteroatoms. The van der Waals surface area contributed by atoms with Crippen LogP contribution < -0.4 is 5.32 Å². The second-order valence-corrected chi connectivity index (χ2v) is 6.48. The topological polar surface area (TPSA) is 15.3 Å². The van der Waals surface area contributed by atoms with Crippen molar-refractivity contribution in [3.05, 3.63) is 35.4 Å². The molecule has 1 aliphatic heterocycles. The molecule has 1 aromatic carbocycles. The van der Waals surface area contributed by atoms with Gasteiger partial charge in [0.15, 0.2) is 0 Å².